The number of fused-ring (bicyclic) bond motifs is 1. The van der Waals surface area contributed by atoms with Crippen molar-refractivity contribution < 1.29 is 9.18 Å². The second-order valence-corrected chi connectivity index (χ2v) is 6.40. The highest BCUT2D eigenvalue weighted by Crippen LogP contribution is 2.35. The van der Waals surface area contributed by atoms with E-state index in [2.05, 4.69) is 0 Å². The number of carbonyl (C=O) groups excluding carboxylic acids is 1. The number of benzene rings is 2. The Morgan fingerprint density at radius 3 is 2.81 bits per heavy atom. The summed E-state index contributed by atoms with van der Waals surface area (Å²) in [5.41, 5.74) is 8.99. The molecule has 108 valence electrons. The van der Waals surface area contributed by atoms with Crippen LogP contribution in [0, 0.1) is 9.39 Å². The first-order valence-corrected chi connectivity index (χ1v) is 7.72. The summed E-state index contributed by atoms with van der Waals surface area (Å²) < 4.78 is 13.8. The Kier molecular flexibility index (Phi) is 3.61. The summed E-state index contributed by atoms with van der Waals surface area (Å²) in [6.45, 7) is 2.00. The molecule has 0 saturated heterocycles. The van der Waals surface area contributed by atoms with Crippen LogP contribution < -0.4 is 10.6 Å². The monoisotopic (exact) mass is 396 g/mol. The number of rotatable bonds is 1. The zero-order valence-corrected chi connectivity index (χ0v) is 13.6. The van der Waals surface area contributed by atoms with Gasteiger partial charge in [0, 0.05) is 21.0 Å². The Labute approximate surface area is 136 Å². The van der Waals surface area contributed by atoms with E-state index in [0.29, 0.717) is 14.8 Å². The first-order chi connectivity index (χ1) is 9.97. The lowest BCUT2D eigenvalue weighted by Gasteiger charge is -2.23. The van der Waals surface area contributed by atoms with Gasteiger partial charge in [-0.3, -0.25) is 4.79 Å². The van der Waals surface area contributed by atoms with Gasteiger partial charge >= 0.3 is 0 Å². The highest BCUT2D eigenvalue weighted by atomic mass is 127. The molecule has 1 heterocycles. The van der Waals surface area contributed by atoms with Gasteiger partial charge in [0.2, 0.25) is 0 Å². The predicted octanol–water partition coefficient (Wildman–Crippen LogP) is 3.60. The Morgan fingerprint density at radius 1 is 1.33 bits per heavy atom. The fourth-order valence-corrected chi connectivity index (χ4v) is 3.46. The molecule has 0 spiro atoms. The van der Waals surface area contributed by atoms with Gasteiger partial charge in [0.1, 0.15) is 5.82 Å². The molecule has 0 fully saturated rings. The number of nitrogen functional groups attached to an aromatic ring is 1. The normalized spacial score (nSPS) is 16.9. The number of hydrogen-bond acceptors (Lipinski definition) is 2. The summed E-state index contributed by atoms with van der Waals surface area (Å²) in [5.74, 6) is -0.436. The molecule has 1 amide bonds. The molecular formula is C16H14FIN2O. The summed E-state index contributed by atoms with van der Waals surface area (Å²) in [6.07, 6.45) is 0.782. The van der Waals surface area contributed by atoms with Crippen LogP contribution in [0.1, 0.15) is 22.8 Å². The smallest absolute Gasteiger partial charge is 0.259 e. The summed E-state index contributed by atoms with van der Waals surface area (Å²) in [6, 6.07) is 9.89. The molecule has 1 aliphatic rings. The second-order valence-electron chi connectivity index (χ2n) is 5.24. The molecule has 3 nitrogen and oxygen atoms in total. The van der Waals surface area contributed by atoms with Crippen LogP contribution in [0.25, 0.3) is 0 Å². The van der Waals surface area contributed by atoms with E-state index >= 15 is 0 Å². The van der Waals surface area contributed by atoms with Crippen LogP contribution in [0.15, 0.2) is 36.4 Å². The van der Waals surface area contributed by atoms with Gasteiger partial charge in [-0.2, -0.15) is 0 Å². The Hall–Kier alpha value is -1.63. The van der Waals surface area contributed by atoms with Gasteiger partial charge in [0.15, 0.2) is 0 Å². The van der Waals surface area contributed by atoms with Gasteiger partial charge in [-0.15, -0.1) is 0 Å². The highest BCUT2D eigenvalue weighted by Gasteiger charge is 2.32. The fraction of sp³-hybridized carbons (Fsp3) is 0.188. The molecule has 0 bridgehead atoms. The van der Waals surface area contributed by atoms with Crippen molar-refractivity contribution in [3.05, 3.63) is 56.9 Å². The summed E-state index contributed by atoms with van der Waals surface area (Å²) in [7, 11) is 0. The van der Waals surface area contributed by atoms with Crippen molar-refractivity contribution in [2.45, 2.75) is 19.4 Å². The lowest BCUT2D eigenvalue weighted by Crippen LogP contribution is -2.36. The lowest BCUT2D eigenvalue weighted by molar-refractivity contribution is 0.0980. The number of amides is 1. The maximum atomic E-state index is 13.2. The third kappa shape index (κ3) is 2.50. The lowest BCUT2D eigenvalue weighted by atomic mass is 10.1. The van der Waals surface area contributed by atoms with Gasteiger partial charge in [0.05, 0.1) is 5.56 Å². The zero-order valence-electron chi connectivity index (χ0n) is 11.4. The minimum Gasteiger partial charge on any atom is -0.399 e. The van der Waals surface area contributed by atoms with E-state index < -0.39 is 0 Å². The van der Waals surface area contributed by atoms with Crippen molar-refractivity contribution in [1.82, 2.24) is 0 Å². The molecule has 2 N–H and O–H groups in total. The zero-order chi connectivity index (χ0) is 15.1. The van der Waals surface area contributed by atoms with Crippen molar-refractivity contribution in [3.63, 3.8) is 0 Å². The molecule has 3 rings (SSSR count). The third-order valence-electron chi connectivity index (χ3n) is 3.70. The van der Waals surface area contributed by atoms with Gasteiger partial charge in [-0.05, 0) is 77.9 Å². The Balaban J connectivity index is 2.03. The second kappa shape index (κ2) is 5.29. The van der Waals surface area contributed by atoms with E-state index in [9.17, 15) is 9.18 Å². The number of nitrogens with zero attached hydrogens (tertiary/aromatic N) is 1. The molecule has 5 heteroatoms. The molecule has 0 aliphatic carbocycles. The molecule has 0 radical (unpaired) electrons. The summed E-state index contributed by atoms with van der Waals surface area (Å²) >= 11 is 1.99. The van der Waals surface area contributed by atoms with E-state index in [0.717, 1.165) is 17.7 Å². The number of nitrogens with two attached hydrogens (primary N) is 1. The number of carbonyl (C=O) groups is 1. The van der Waals surface area contributed by atoms with Crippen LogP contribution in [-0.2, 0) is 6.42 Å². The van der Waals surface area contributed by atoms with E-state index in [1.807, 2.05) is 41.6 Å². The molecule has 1 atom stereocenters. The van der Waals surface area contributed by atoms with Crippen LogP contribution in [0.4, 0.5) is 15.8 Å². The third-order valence-corrected chi connectivity index (χ3v) is 4.59. The molecule has 0 saturated carbocycles. The average molecular weight is 396 g/mol. The van der Waals surface area contributed by atoms with Crippen LogP contribution in [0.2, 0.25) is 0 Å². The molecular weight excluding hydrogens is 382 g/mol. The predicted molar refractivity (Wildman–Crippen MR) is 89.9 cm³/mol. The van der Waals surface area contributed by atoms with E-state index in [4.69, 9.17) is 5.73 Å². The Morgan fingerprint density at radius 2 is 2.10 bits per heavy atom. The first kappa shape index (κ1) is 14.3. The topological polar surface area (TPSA) is 46.3 Å². The van der Waals surface area contributed by atoms with Crippen molar-refractivity contribution in [2.75, 3.05) is 10.6 Å². The summed E-state index contributed by atoms with van der Waals surface area (Å²) in [5, 5.41) is 0. The first-order valence-electron chi connectivity index (χ1n) is 6.64. The van der Waals surface area contributed by atoms with Crippen LogP contribution in [-0.4, -0.2) is 11.9 Å². The van der Waals surface area contributed by atoms with Crippen molar-refractivity contribution >= 4 is 39.9 Å². The van der Waals surface area contributed by atoms with Crippen LogP contribution in [0.5, 0.6) is 0 Å². The number of hydrogen-bond donors (Lipinski definition) is 1. The largest absolute Gasteiger partial charge is 0.399 e. The standard InChI is InChI=1S/C16H14FIN2O/c1-9-6-10-7-12(19)3-5-15(10)20(9)16(21)13-4-2-11(17)8-14(13)18/h2-5,7-9H,6,19H2,1H3. The van der Waals surface area contributed by atoms with Crippen LogP contribution >= 0.6 is 22.6 Å². The average Bonchev–Trinajstić information content (AvgIpc) is 2.73. The van der Waals surface area contributed by atoms with Gasteiger partial charge in [-0.25, -0.2) is 4.39 Å². The molecule has 21 heavy (non-hydrogen) atoms. The SMILES string of the molecule is CC1Cc2cc(N)ccc2N1C(=O)c1ccc(F)cc1I. The van der Waals surface area contributed by atoms with Crippen molar-refractivity contribution in [1.29, 1.82) is 0 Å². The fourth-order valence-electron chi connectivity index (χ4n) is 2.75. The molecule has 2 aromatic carbocycles. The van der Waals surface area contributed by atoms with E-state index in [1.165, 1.54) is 12.1 Å². The minimum atomic E-state index is -0.335. The molecule has 1 unspecified atom stereocenters. The minimum absolute atomic E-state index is 0.0650. The van der Waals surface area contributed by atoms with Crippen molar-refractivity contribution in [3.8, 4) is 0 Å². The van der Waals surface area contributed by atoms with Gasteiger partial charge in [0.25, 0.3) is 5.91 Å². The number of halogens is 2. The van der Waals surface area contributed by atoms with Crippen molar-refractivity contribution in [2.24, 2.45) is 0 Å². The summed E-state index contributed by atoms with van der Waals surface area (Å²) in [4.78, 5) is 14.6. The van der Waals surface area contributed by atoms with Gasteiger partial charge < -0.3 is 10.6 Å². The molecule has 1 aliphatic heterocycles. The van der Waals surface area contributed by atoms with Gasteiger partial charge in [-0.1, -0.05) is 0 Å². The molecule has 0 aromatic heterocycles. The van der Waals surface area contributed by atoms with Crippen LogP contribution in [0.3, 0.4) is 0 Å². The Bertz CT molecular complexity index is 732. The number of anilines is 2. The van der Waals surface area contributed by atoms with E-state index in [-0.39, 0.29) is 17.8 Å². The quantitative estimate of drug-likeness (QED) is 0.592. The maximum absolute atomic E-state index is 13.2. The maximum Gasteiger partial charge on any atom is 0.259 e. The highest BCUT2D eigenvalue weighted by molar-refractivity contribution is 14.1. The molecule has 2 aromatic rings. The van der Waals surface area contributed by atoms with E-state index in [1.54, 1.807) is 17.0 Å².